The van der Waals surface area contributed by atoms with Gasteiger partial charge in [-0.2, -0.15) is 0 Å². The van der Waals surface area contributed by atoms with Gasteiger partial charge in [-0.05, 0) is 6.07 Å². The summed E-state index contributed by atoms with van der Waals surface area (Å²) >= 11 is 1.33. The maximum atomic E-state index is 11.1. The van der Waals surface area contributed by atoms with Crippen LogP contribution in [0.3, 0.4) is 0 Å². The van der Waals surface area contributed by atoms with Crippen LogP contribution in [0.15, 0.2) is 22.8 Å². The van der Waals surface area contributed by atoms with E-state index in [0.717, 1.165) is 12.3 Å². The predicted molar refractivity (Wildman–Crippen MR) is 43.9 cm³/mol. The SMILES string of the molecule is O=C1SCCN1c1ccco1. The summed E-state index contributed by atoms with van der Waals surface area (Å²) in [6, 6.07) is 3.58. The van der Waals surface area contributed by atoms with Gasteiger partial charge in [0.05, 0.1) is 6.26 Å². The molecule has 0 atom stereocenters. The number of amides is 1. The fourth-order valence-electron chi connectivity index (χ4n) is 1.02. The van der Waals surface area contributed by atoms with Crippen molar-refractivity contribution in [1.82, 2.24) is 0 Å². The molecule has 0 unspecified atom stereocenters. The smallest absolute Gasteiger partial charge is 0.288 e. The van der Waals surface area contributed by atoms with Crippen molar-refractivity contribution in [2.45, 2.75) is 0 Å². The number of carbonyl (C=O) groups excluding carboxylic acids is 1. The average molecular weight is 169 g/mol. The van der Waals surface area contributed by atoms with Crippen molar-refractivity contribution in [3.8, 4) is 0 Å². The molecule has 0 saturated carbocycles. The van der Waals surface area contributed by atoms with E-state index in [-0.39, 0.29) is 5.24 Å². The molecule has 3 nitrogen and oxygen atoms in total. The van der Waals surface area contributed by atoms with Crippen LogP contribution in [0.25, 0.3) is 0 Å². The van der Waals surface area contributed by atoms with E-state index >= 15 is 0 Å². The van der Waals surface area contributed by atoms with Crippen molar-refractivity contribution in [3.05, 3.63) is 18.4 Å². The van der Waals surface area contributed by atoms with Crippen LogP contribution in [0.1, 0.15) is 0 Å². The molecule has 2 heterocycles. The van der Waals surface area contributed by atoms with Crippen molar-refractivity contribution >= 4 is 22.9 Å². The molecule has 1 amide bonds. The maximum absolute atomic E-state index is 11.1. The first-order valence-electron chi connectivity index (χ1n) is 3.36. The molecule has 0 spiro atoms. The molecule has 58 valence electrons. The van der Waals surface area contributed by atoms with E-state index in [1.807, 2.05) is 0 Å². The Morgan fingerprint density at radius 1 is 1.64 bits per heavy atom. The molecule has 11 heavy (non-hydrogen) atoms. The van der Waals surface area contributed by atoms with Crippen LogP contribution in [-0.4, -0.2) is 17.5 Å². The molecule has 0 aliphatic carbocycles. The van der Waals surface area contributed by atoms with Gasteiger partial charge in [-0.25, -0.2) is 0 Å². The van der Waals surface area contributed by atoms with Crippen molar-refractivity contribution in [2.75, 3.05) is 17.2 Å². The van der Waals surface area contributed by atoms with Crippen molar-refractivity contribution in [1.29, 1.82) is 0 Å². The molecular formula is C7H7NO2S. The highest BCUT2D eigenvalue weighted by molar-refractivity contribution is 8.14. The number of anilines is 1. The molecule has 1 aromatic heterocycles. The summed E-state index contributed by atoms with van der Waals surface area (Å²) in [6.45, 7) is 0.761. The van der Waals surface area contributed by atoms with Gasteiger partial charge in [0.1, 0.15) is 0 Å². The lowest BCUT2D eigenvalue weighted by molar-refractivity contribution is 0.265. The minimum Gasteiger partial charge on any atom is -0.448 e. The third-order valence-corrected chi connectivity index (χ3v) is 2.39. The molecule has 1 aliphatic rings. The minimum absolute atomic E-state index is 0.0833. The molecule has 1 fully saturated rings. The first-order valence-corrected chi connectivity index (χ1v) is 4.34. The second kappa shape index (κ2) is 2.62. The lowest BCUT2D eigenvalue weighted by Gasteiger charge is -2.08. The Labute approximate surface area is 68.4 Å². The Balaban J connectivity index is 2.23. The van der Waals surface area contributed by atoms with Crippen LogP contribution < -0.4 is 4.90 Å². The third kappa shape index (κ3) is 1.14. The first kappa shape index (κ1) is 6.79. The summed E-state index contributed by atoms with van der Waals surface area (Å²) in [5, 5.41) is 0.0833. The van der Waals surface area contributed by atoms with Gasteiger partial charge in [0.25, 0.3) is 5.24 Å². The molecule has 2 rings (SSSR count). The van der Waals surface area contributed by atoms with E-state index in [1.54, 1.807) is 23.3 Å². The van der Waals surface area contributed by atoms with Crippen LogP contribution in [0, 0.1) is 0 Å². The number of carbonyl (C=O) groups is 1. The van der Waals surface area contributed by atoms with Gasteiger partial charge in [-0.15, -0.1) is 0 Å². The van der Waals surface area contributed by atoms with Gasteiger partial charge in [0.15, 0.2) is 0 Å². The topological polar surface area (TPSA) is 33.5 Å². The highest BCUT2D eigenvalue weighted by atomic mass is 32.2. The zero-order valence-electron chi connectivity index (χ0n) is 5.82. The summed E-state index contributed by atoms with van der Waals surface area (Å²) in [5.41, 5.74) is 0. The molecule has 1 aromatic rings. The largest absolute Gasteiger partial charge is 0.448 e. The van der Waals surface area contributed by atoms with Gasteiger partial charge >= 0.3 is 0 Å². The third-order valence-electron chi connectivity index (χ3n) is 1.53. The number of thioether (sulfide) groups is 1. The average Bonchev–Trinajstić information content (AvgIpc) is 2.55. The van der Waals surface area contributed by atoms with E-state index in [0.29, 0.717) is 5.88 Å². The van der Waals surface area contributed by atoms with Crippen molar-refractivity contribution in [2.24, 2.45) is 0 Å². The van der Waals surface area contributed by atoms with E-state index < -0.39 is 0 Å². The van der Waals surface area contributed by atoms with Crippen LogP contribution in [-0.2, 0) is 0 Å². The summed E-state index contributed by atoms with van der Waals surface area (Å²) in [5.74, 6) is 1.51. The van der Waals surface area contributed by atoms with Crippen LogP contribution in [0.5, 0.6) is 0 Å². The second-order valence-electron chi connectivity index (χ2n) is 2.22. The lowest BCUT2D eigenvalue weighted by Crippen LogP contribution is -2.21. The fraction of sp³-hybridized carbons (Fsp3) is 0.286. The predicted octanol–water partition coefficient (Wildman–Crippen LogP) is 1.95. The molecule has 0 aromatic carbocycles. The number of furan rings is 1. The maximum Gasteiger partial charge on any atom is 0.288 e. The quantitative estimate of drug-likeness (QED) is 0.644. The van der Waals surface area contributed by atoms with Gasteiger partial charge < -0.3 is 4.42 Å². The van der Waals surface area contributed by atoms with Crippen LogP contribution >= 0.6 is 11.8 Å². The Kier molecular flexibility index (Phi) is 1.62. The Bertz CT molecular complexity index is 257. The van der Waals surface area contributed by atoms with E-state index in [4.69, 9.17) is 4.42 Å². The molecule has 0 radical (unpaired) electrons. The number of rotatable bonds is 1. The van der Waals surface area contributed by atoms with Gasteiger partial charge in [0, 0.05) is 18.4 Å². The highest BCUT2D eigenvalue weighted by Gasteiger charge is 2.23. The standard InChI is InChI=1S/C7H7NO2S/c9-7-8(3-5-11-7)6-2-1-4-10-6/h1-2,4H,3,5H2. The summed E-state index contributed by atoms with van der Waals surface area (Å²) in [4.78, 5) is 12.7. The summed E-state index contributed by atoms with van der Waals surface area (Å²) < 4.78 is 5.08. The van der Waals surface area contributed by atoms with E-state index in [9.17, 15) is 4.79 Å². The Morgan fingerprint density at radius 2 is 2.55 bits per heavy atom. The minimum atomic E-state index is 0.0833. The van der Waals surface area contributed by atoms with Crippen LogP contribution in [0.4, 0.5) is 10.7 Å². The number of hydrogen-bond donors (Lipinski definition) is 0. The molecule has 4 heteroatoms. The Morgan fingerprint density at radius 3 is 3.09 bits per heavy atom. The molecule has 1 aliphatic heterocycles. The number of nitrogens with zero attached hydrogens (tertiary/aromatic N) is 1. The molecular weight excluding hydrogens is 162 g/mol. The van der Waals surface area contributed by atoms with Gasteiger partial charge in [-0.1, -0.05) is 11.8 Å². The molecule has 1 saturated heterocycles. The Hall–Kier alpha value is -0.900. The van der Waals surface area contributed by atoms with E-state index in [2.05, 4.69) is 0 Å². The monoisotopic (exact) mass is 169 g/mol. The molecule has 0 N–H and O–H groups in total. The summed E-state index contributed by atoms with van der Waals surface area (Å²) in [6.07, 6.45) is 1.58. The van der Waals surface area contributed by atoms with Crippen molar-refractivity contribution < 1.29 is 9.21 Å². The zero-order chi connectivity index (χ0) is 7.68. The normalized spacial score (nSPS) is 17.8. The lowest BCUT2D eigenvalue weighted by atomic mass is 10.5. The summed E-state index contributed by atoms with van der Waals surface area (Å²) in [7, 11) is 0. The van der Waals surface area contributed by atoms with E-state index in [1.165, 1.54) is 11.8 Å². The first-order chi connectivity index (χ1) is 5.38. The number of hydrogen-bond acceptors (Lipinski definition) is 3. The fourth-order valence-corrected chi connectivity index (χ4v) is 1.80. The van der Waals surface area contributed by atoms with Gasteiger partial charge in [-0.3, -0.25) is 9.69 Å². The second-order valence-corrected chi connectivity index (χ2v) is 3.26. The highest BCUT2D eigenvalue weighted by Crippen LogP contribution is 2.24. The van der Waals surface area contributed by atoms with Crippen molar-refractivity contribution in [3.63, 3.8) is 0 Å². The zero-order valence-corrected chi connectivity index (χ0v) is 6.63. The molecule has 0 bridgehead atoms. The van der Waals surface area contributed by atoms with Gasteiger partial charge in [0.2, 0.25) is 5.88 Å². The van der Waals surface area contributed by atoms with Crippen LogP contribution in [0.2, 0.25) is 0 Å².